The predicted octanol–water partition coefficient (Wildman–Crippen LogP) is 5.87. The molecule has 2 saturated heterocycles. The van der Waals surface area contributed by atoms with Crippen molar-refractivity contribution in [1.29, 1.82) is 0 Å². The minimum Gasteiger partial charge on any atom is -0.459 e. The normalized spacial score (nSPS) is 23.3. The third kappa shape index (κ3) is 3.49. The Bertz CT molecular complexity index is 946. The molecule has 0 radical (unpaired) electrons. The number of amides is 1. The highest BCUT2D eigenvalue weighted by Gasteiger charge is 2.28. The Labute approximate surface area is 169 Å². The number of piperidine rings is 1. The molecule has 0 aliphatic carbocycles. The van der Waals surface area contributed by atoms with Gasteiger partial charge in [0.25, 0.3) is 5.91 Å². The van der Waals surface area contributed by atoms with Crippen LogP contribution in [0.5, 0.6) is 0 Å². The van der Waals surface area contributed by atoms with E-state index in [0.29, 0.717) is 11.7 Å². The van der Waals surface area contributed by atoms with Gasteiger partial charge in [0.05, 0.1) is 6.26 Å². The van der Waals surface area contributed by atoms with Crippen LogP contribution in [-0.2, 0) is 0 Å². The fourth-order valence-corrected chi connectivity index (χ4v) is 5.92. The maximum absolute atomic E-state index is 12.3. The molecule has 4 nitrogen and oxygen atoms in total. The predicted molar refractivity (Wildman–Crippen MR) is 114 cm³/mol. The van der Waals surface area contributed by atoms with Crippen LogP contribution >= 0.6 is 11.3 Å². The Morgan fingerprint density at radius 3 is 2.96 bits per heavy atom. The molecule has 1 amide bonds. The lowest BCUT2D eigenvalue weighted by Gasteiger charge is -2.33. The lowest BCUT2D eigenvalue weighted by Crippen LogP contribution is -2.38. The van der Waals surface area contributed by atoms with Crippen LogP contribution in [-0.4, -0.2) is 29.9 Å². The first-order valence-corrected chi connectivity index (χ1v) is 11.3. The fraction of sp³-hybridized carbons (Fsp3) is 0.435. The van der Waals surface area contributed by atoms with E-state index in [1.54, 1.807) is 12.1 Å². The molecule has 2 atom stereocenters. The van der Waals surface area contributed by atoms with Crippen molar-refractivity contribution in [3.05, 3.63) is 53.3 Å². The van der Waals surface area contributed by atoms with Gasteiger partial charge in [0.15, 0.2) is 5.76 Å². The Morgan fingerprint density at radius 2 is 2.07 bits per heavy atom. The summed E-state index contributed by atoms with van der Waals surface area (Å²) < 4.78 is 6.50. The number of rotatable bonds is 3. The zero-order valence-corrected chi connectivity index (χ0v) is 16.8. The summed E-state index contributed by atoms with van der Waals surface area (Å²) in [6, 6.07) is 10.5. The van der Waals surface area contributed by atoms with Gasteiger partial charge in [0, 0.05) is 16.4 Å². The van der Waals surface area contributed by atoms with E-state index in [-0.39, 0.29) is 5.91 Å². The number of carbonyl (C=O) groups is 1. The van der Waals surface area contributed by atoms with Crippen LogP contribution in [0.4, 0.5) is 5.69 Å². The molecule has 1 aromatic carbocycles. The van der Waals surface area contributed by atoms with E-state index in [1.165, 1.54) is 73.5 Å². The lowest BCUT2D eigenvalue weighted by atomic mass is 9.90. The van der Waals surface area contributed by atoms with E-state index in [2.05, 4.69) is 27.7 Å². The third-order valence-electron chi connectivity index (χ3n) is 6.41. The highest BCUT2D eigenvalue weighted by molar-refractivity contribution is 7.17. The van der Waals surface area contributed by atoms with Gasteiger partial charge in [0.1, 0.15) is 0 Å². The van der Waals surface area contributed by atoms with Gasteiger partial charge in [-0.3, -0.25) is 4.79 Å². The second-order valence-electron chi connectivity index (χ2n) is 8.08. The summed E-state index contributed by atoms with van der Waals surface area (Å²) >= 11 is 1.82. The Morgan fingerprint density at radius 1 is 1.11 bits per heavy atom. The van der Waals surface area contributed by atoms with Crippen LogP contribution in [0.3, 0.4) is 0 Å². The van der Waals surface area contributed by atoms with Gasteiger partial charge in [-0.2, -0.15) is 0 Å². The van der Waals surface area contributed by atoms with Crippen LogP contribution < -0.4 is 5.32 Å². The quantitative estimate of drug-likeness (QED) is 0.604. The Balaban J connectivity index is 1.38. The number of benzene rings is 1. The van der Waals surface area contributed by atoms with Gasteiger partial charge in [0.2, 0.25) is 0 Å². The van der Waals surface area contributed by atoms with E-state index in [9.17, 15) is 4.79 Å². The summed E-state index contributed by atoms with van der Waals surface area (Å²) in [6.07, 6.45) is 9.49. The highest BCUT2D eigenvalue weighted by Crippen LogP contribution is 2.40. The minimum atomic E-state index is -0.201. The van der Waals surface area contributed by atoms with Crippen LogP contribution in [0.15, 0.2) is 46.4 Å². The maximum Gasteiger partial charge on any atom is 0.291 e. The average Bonchev–Trinajstić information content (AvgIpc) is 3.35. The van der Waals surface area contributed by atoms with Gasteiger partial charge in [-0.1, -0.05) is 6.42 Å². The Kier molecular flexibility index (Phi) is 4.95. The molecule has 0 spiro atoms. The molecule has 2 aliphatic heterocycles. The summed E-state index contributed by atoms with van der Waals surface area (Å²) in [6.45, 7) is 2.51. The molecule has 3 aromatic rings. The number of nitrogens with one attached hydrogen (secondary N) is 1. The Hall–Kier alpha value is -2.11. The van der Waals surface area contributed by atoms with Gasteiger partial charge in [-0.05, 0) is 97.8 Å². The van der Waals surface area contributed by atoms with Crippen molar-refractivity contribution in [2.75, 3.05) is 18.4 Å². The number of hydrogen-bond donors (Lipinski definition) is 1. The number of hydrogen-bond acceptors (Lipinski definition) is 4. The van der Waals surface area contributed by atoms with Gasteiger partial charge < -0.3 is 14.6 Å². The summed E-state index contributed by atoms with van der Waals surface area (Å²) in [7, 11) is 0. The van der Waals surface area contributed by atoms with Crippen molar-refractivity contribution in [3.8, 4) is 0 Å². The summed E-state index contributed by atoms with van der Waals surface area (Å²) in [5.74, 6) is 0.758. The first-order valence-electron chi connectivity index (χ1n) is 10.4. The van der Waals surface area contributed by atoms with E-state index < -0.39 is 0 Å². The van der Waals surface area contributed by atoms with Crippen molar-refractivity contribution >= 4 is 33.0 Å². The van der Waals surface area contributed by atoms with Crippen LogP contribution in [0.25, 0.3) is 10.1 Å². The molecule has 5 rings (SSSR count). The number of thiophene rings is 1. The molecule has 0 bridgehead atoms. The second-order valence-corrected chi connectivity index (χ2v) is 8.99. The zero-order chi connectivity index (χ0) is 18.9. The first-order chi connectivity index (χ1) is 13.8. The largest absolute Gasteiger partial charge is 0.459 e. The summed E-state index contributed by atoms with van der Waals surface area (Å²) in [5, 5.41) is 6.62. The molecule has 2 aromatic heterocycles. The fourth-order valence-electron chi connectivity index (χ4n) is 4.90. The first kappa shape index (κ1) is 18.0. The second kappa shape index (κ2) is 7.72. The molecular weight excluding hydrogens is 368 g/mol. The molecule has 2 fully saturated rings. The molecule has 28 heavy (non-hydrogen) atoms. The SMILES string of the molecule is O=C(Nc1ccc2scc(C3CCC4CCCCN4CC3)c2c1)c1ccco1. The van der Waals surface area contributed by atoms with E-state index in [4.69, 9.17) is 4.42 Å². The van der Waals surface area contributed by atoms with E-state index >= 15 is 0 Å². The minimum absolute atomic E-state index is 0.201. The smallest absolute Gasteiger partial charge is 0.291 e. The van der Waals surface area contributed by atoms with Crippen LogP contribution in [0.2, 0.25) is 0 Å². The highest BCUT2D eigenvalue weighted by atomic mass is 32.1. The average molecular weight is 395 g/mol. The van der Waals surface area contributed by atoms with Gasteiger partial charge in [-0.25, -0.2) is 0 Å². The van der Waals surface area contributed by atoms with Crippen LogP contribution in [0, 0.1) is 0 Å². The molecule has 5 heteroatoms. The number of anilines is 1. The molecule has 146 valence electrons. The van der Waals surface area contributed by atoms with Crippen molar-refractivity contribution in [2.24, 2.45) is 0 Å². The third-order valence-corrected chi connectivity index (χ3v) is 7.39. The van der Waals surface area contributed by atoms with Crippen molar-refractivity contribution < 1.29 is 9.21 Å². The number of carbonyl (C=O) groups excluding carboxylic acids is 1. The number of nitrogens with zero attached hydrogens (tertiary/aromatic N) is 1. The van der Waals surface area contributed by atoms with Crippen LogP contribution in [0.1, 0.15) is 60.6 Å². The summed E-state index contributed by atoms with van der Waals surface area (Å²) in [4.78, 5) is 15.0. The van der Waals surface area contributed by atoms with Crippen molar-refractivity contribution in [2.45, 2.75) is 50.5 Å². The van der Waals surface area contributed by atoms with Gasteiger partial charge >= 0.3 is 0 Å². The number of fused-ring (bicyclic) bond motifs is 2. The standard InChI is InChI=1S/C23H26N2O2S/c26-23(21-5-3-13-27-21)24-17-7-9-22-19(14-17)20(15-28-22)16-6-8-18-4-1-2-11-25(18)12-10-16/h3,5,7,9,13-16,18H,1-2,4,6,8,10-12H2,(H,24,26). The zero-order valence-electron chi connectivity index (χ0n) is 16.0. The van der Waals surface area contributed by atoms with E-state index in [1.807, 2.05) is 17.4 Å². The molecular formula is C23H26N2O2S. The van der Waals surface area contributed by atoms with Gasteiger partial charge in [-0.15, -0.1) is 11.3 Å². The van der Waals surface area contributed by atoms with E-state index in [0.717, 1.165) is 11.7 Å². The monoisotopic (exact) mass is 394 g/mol. The molecule has 2 unspecified atom stereocenters. The van der Waals surface area contributed by atoms with Crippen molar-refractivity contribution in [3.63, 3.8) is 0 Å². The molecule has 2 aliphatic rings. The molecule has 0 saturated carbocycles. The summed E-state index contributed by atoms with van der Waals surface area (Å²) in [5.41, 5.74) is 2.30. The molecule has 1 N–H and O–H groups in total. The van der Waals surface area contributed by atoms with Crippen molar-refractivity contribution in [1.82, 2.24) is 4.90 Å². The lowest BCUT2D eigenvalue weighted by molar-refractivity contribution is 0.0996. The maximum atomic E-state index is 12.3. The molecule has 4 heterocycles. The number of furan rings is 1. The topological polar surface area (TPSA) is 45.5 Å².